The maximum absolute atomic E-state index is 11.6. The van der Waals surface area contributed by atoms with Crippen molar-refractivity contribution >= 4 is 19.7 Å². The van der Waals surface area contributed by atoms with Crippen molar-refractivity contribution in [2.24, 2.45) is 0 Å². The van der Waals surface area contributed by atoms with Gasteiger partial charge in [0.2, 0.25) is 0 Å². The molecule has 1 unspecified atom stereocenters. The van der Waals surface area contributed by atoms with E-state index in [0.717, 1.165) is 17.7 Å². The highest BCUT2D eigenvalue weighted by Crippen LogP contribution is 2.36. The van der Waals surface area contributed by atoms with Crippen molar-refractivity contribution in [1.82, 2.24) is 14.8 Å². The van der Waals surface area contributed by atoms with Crippen LogP contribution in [-0.2, 0) is 22.0 Å². The number of rotatable bonds is 4. The van der Waals surface area contributed by atoms with Gasteiger partial charge in [0, 0.05) is 23.6 Å². The molecule has 8 heteroatoms. The summed E-state index contributed by atoms with van der Waals surface area (Å²) < 4.78 is 30.5. The fourth-order valence-electron chi connectivity index (χ4n) is 2.48. The summed E-state index contributed by atoms with van der Waals surface area (Å²) in [5.41, 5.74) is 1.07. The van der Waals surface area contributed by atoms with Crippen LogP contribution in [0.4, 0.5) is 0 Å². The van der Waals surface area contributed by atoms with Crippen molar-refractivity contribution in [2.45, 2.75) is 37.6 Å². The van der Waals surface area contributed by atoms with E-state index in [1.807, 2.05) is 31.2 Å². The molecule has 1 aliphatic rings. The van der Waals surface area contributed by atoms with Crippen molar-refractivity contribution in [3.8, 4) is 5.75 Å². The first-order chi connectivity index (χ1) is 10.0. The first-order valence-electron chi connectivity index (χ1n) is 6.63. The number of aromatic nitrogens is 3. The lowest BCUT2D eigenvalue weighted by Gasteiger charge is -2.12. The molecule has 0 fully saturated rings. The Kier molecular flexibility index (Phi) is 3.62. The fourth-order valence-corrected chi connectivity index (χ4v) is 3.41. The highest BCUT2D eigenvalue weighted by molar-refractivity contribution is 8.13. The Hall–Kier alpha value is -1.60. The highest BCUT2D eigenvalue weighted by atomic mass is 35.7. The van der Waals surface area contributed by atoms with E-state index in [1.165, 1.54) is 4.57 Å². The minimum Gasteiger partial charge on any atom is -0.482 e. The van der Waals surface area contributed by atoms with Gasteiger partial charge in [0.15, 0.2) is 11.9 Å². The maximum Gasteiger partial charge on any atom is 0.296 e. The average molecular weight is 328 g/mol. The van der Waals surface area contributed by atoms with E-state index in [4.69, 9.17) is 15.4 Å². The summed E-state index contributed by atoms with van der Waals surface area (Å²) >= 11 is 0. The Morgan fingerprint density at radius 3 is 2.81 bits per heavy atom. The van der Waals surface area contributed by atoms with Crippen LogP contribution < -0.4 is 4.74 Å². The van der Waals surface area contributed by atoms with E-state index in [2.05, 4.69) is 10.2 Å². The number of hydrogen-bond acceptors (Lipinski definition) is 5. The molecule has 2 heterocycles. The monoisotopic (exact) mass is 327 g/mol. The van der Waals surface area contributed by atoms with Crippen LogP contribution in [0.2, 0.25) is 0 Å². The quantitative estimate of drug-likeness (QED) is 0.805. The molecule has 0 N–H and O–H groups in total. The Labute approximate surface area is 127 Å². The molecule has 6 nitrogen and oxygen atoms in total. The van der Waals surface area contributed by atoms with Crippen LogP contribution >= 0.6 is 10.7 Å². The van der Waals surface area contributed by atoms with Crippen LogP contribution in [0.1, 0.15) is 30.8 Å². The first-order valence-corrected chi connectivity index (χ1v) is 8.94. The number of fused-ring (bicyclic) bond motifs is 1. The summed E-state index contributed by atoms with van der Waals surface area (Å²) in [7, 11) is 1.49. The van der Waals surface area contributed by atoms with Gasteiger partial charge in [-0.15, -0.1) is 10.2 Å². The molecule has 1 aromatic carbocycles. The van der Waals surface area contributed by atoms with Gasteiger partial charge in [0.1, 0.15) is 5.75 Å². The largest absolute Gasteiger partial charge is 0.482 e. The predicted octanol–water partition coefficient (Wildman–Crippen LogP) is 2.29. The second kappa shape index (κ2) is 5.31. The summed E-state index contributed by atoms with van der Waals surface area (Å²) in [6.45, 7) is 2.42. The van der Waals surface area contributed by atoms with Crippen LogP contribution in [-0.4, -0.2) is 23.2 Å². The van der Waals surface area contributed by atoms with E-state index >= 15 is 0 Å². The van der Waals surface area contributed by atoms with E-state index in [-0.39, 0.29) is 11.3 Å². The standard InChI is InChI=1S/C13H14ClN3O3S/c1-2-7-17-12(15-16-13(17)21(14,18)19)11-8-9-5-3-4-6-10(9)20-11/h3-6,11H,2,7-8H2,1H3. The Balaban J connectivity index is 1.99. The fraction of sp³-hybridized carbons (Fsp3) is 0.385. The molecule has 21 heavy (non-hydrogen) atoms. The second-order valence-corrected chi connectivity index (χ2v) is 7.31. The zero-order valence-corrected chi connectivity index (χ0v) is 12.9. The number of hydrogen-bond donors (Lipinski definition) is 0. The molecule has 112 valence electrons. The van der Waals surface area contributed by atoms with Crippen LogP contribution in [0.5, 0.6) is 5.75 Å². The molecule has 0 spiro atoms. The van der Waals surface area contributed by atoms with Crippen molar-refractivity contribution in [3.05, 3.63) is 35.7 Å². The molecule has 3 rings (SSSR count). The number of benzene rings is 1. The summed E-state index contributed by atoms with van der Waals surface area (Å²) in [5, 5.41) is 7.50. The molecule has 1 atom stereocenters. The lowest BCUT2D eigenvalue weighted by Crippen LogP contribution is -2.15. The van der Waals surface area contributed by atoms with Crippen LogP contribution in [0.25, 0.3) is 0 Å². The summed E-state index contributed by atoms with van der Waals surface area (Å²) in [6.07, 6.45) is 1.04. The Bertz CT molecular complexity index is 748. The summed E-state index contributed by atoms with van der Waals surface area (Å²) in [5.74, 6) is 1.29. The minimum absolute atomic E-state index is 0.222. The Morgan fingerprint density at radius 1 is 1.38 bits per heavy atom. The average Bonchev–Trinajstić information content (AvgIpc) is 3.01. The van der Waals surface area contributed by atoms with Crippen LogP contribution in [0.15, 0.2) is 29.4 Å². The number of ether oxygens (including phenoxy) is 1. The van der Waals surface area contributed by atoms with Crippen molar-refractivity contribution < 1.29 is 13.2 Å². The molecule has 1 aromatic heterocycles. The molecule has 0 saturated heterocycles. The van der Waals surface area contributed by atoms with Gasteiger partial charge in [-0.05, 0) is 18.1 Å². The molecule has 0 saturated carbocycles. The van der Waals surface area contributed by atoms with Crippen molar-refractivity contribution in [2.75, 3.05) is 0 Å². The van der Waals surface area contributed by atoms with Crippen molar-refractivity contribution in [1.29, 1.82) is 0 Å². The third-order valence-corrected chi connectivity index (χ3v) is 4.50. The zero-order valence-electron chi connectivity index (χ0n) is 11.4. The zero-order chi connectivity index (χ0) is 15.0. The predicted molar refractivity (Wildman–Crippen MR) is 76.9 cm³/mol. The van der Waals surface area contributed by atoms with Gasteiger partial charge in [-0.1, -0.05) is 25.1 Å². The normalized spacial score (nSPS) is 17.5. The Morgan fingerprint density at radius 2 is 2.14 bits per heavy atom. The van der Waals surface area contributed by atoms with Gasteiger partial charge >= 0.3 is 0 Å². The van der Waals surface area contributed by atoms with Gasteiger partial charge in [0.25, 0.3) is 14.2 Å². The minimum atomic E-state index is -3.93. The van der Waals surface area contributed by atoms with E-state index in [1.54, 1.807) is 0 Å². The lowest BCUT2D eigenvalue weighted by molar-refractivity contribution is 0.219. The van der Waals surface area contributed by atoms with Gasteiger partial charge in [-0.25, -0.2) is 8.42 Å². The summed E-state index contributed by atoms with van der Waals surface area (Å²) in [6, 6.07) is 7.70. The van der Waals surface area contributed by atoms with E-state index in [0.29, 0.717) is 18.8 Å². The smallest absolute Gasteiger partial charge is 0.296 e. The first kappa shape index (κ1) is 14.3. The molecular formula is C13H14ClN3O3S. The lowest BCUT2D eigenvalue weighted by atomic mass is 10.1. The molecule has 0 radical (unpaired) electrons. The third kappa shape index (κ3) is 2.63. The van der Waals surface area contributed by atoms with Gasteiger partial charge in [0.05, 0.1) is 0 Å². The molecule has 0 bridgehead atoms. The topological polar surface area (TPSA) is 74.1 Å². The van der Waals surface area contributed by atoms with E-state index < -0.39 is 9.05 Å². The van der Waals surface area contributed by atoms with Crippen LogP contribution in [0, 0.1) is 0 Å². The van der Waals surface area contributed by atoms with Gasteiger partial charge in [-0.3, -0.25) is 4.57 Å². The third-order valence-electron chi connectivity index (χ3n) is 3.35. The molecule has 0 aliphatic carbocycles. The molecule has 1 aliphatic heterocycles. The van der Waals surface area contributed by atoms with Gasteiger partial charge < -0.3 is 4.74 Å². The van der Waals surface area contributed by atoms with Crippen molar-refractivity contribution in [3.63, 3.8) is 0 Å². The van der Waals surface area contributed by atoms with E-state index in [9.17, 15) is 8.42 Å². The number of halogens is 1. The van der Waals surface area contributed by atoms with Gasteiger partial charge in [-0.2, -0.15) is 0 Å². The molecule has 0 amide bonds. The second-order valence-electron chi connectivity index (χ2n) is 4.85. The molecular weight excluding hydrogens is 314 g/mol. The number of para-hydroxylation sites is 1. The van der Waals surface area contributed by atoms with Crippen LogP contribution in [0.3, 0.4) is 0 Å². The maximum atomic E-state index is 11.6. The molecule has 2 aromatic rings. The SMILES string of the molecule is CCCn1c(C2Cc3ccccc3O2)nnc1S(=O)(=O)Cl. The summed E-state index contributed by atoms with van der Waals surface area (Å²) in [4.78, 5) is 0. The number of nitrogens with zero attached hydrogens (tertiary/aromatic N) is 3. The highest BCUT2D eigenvalue weighted by Gasteiger charge is 2.31.